The van der Waals surface area contributed by atoms with Gasteiger partial charge in [-0.25, -0.2) is 4.99 Å². The number of pyridine rings is 1. The fraction of sp³-hybridized carbons (Fsp3) is 0.133. The van der Waals surface area contributed by atoms with Gasteiger partial charge in [0.2, 0.25) is 0 Å². The van der Waals surface area contributed by atoms with Gasteiger partial charge in [-0.2, -0.15) is 0 Å². The van der Waals surface area contributed by atoms with Gasteiger partial charge in [-0.1, -0.05) is 18.2 Å². The van der Waals surface area contributed by atoms with Crippen LogP contribution in [0.3, 0.4) is 0 Å². The highest BCUT2D eigenvalue weighted by molar-refractivity contribution is 5.99. The van der Waals surface area contributed by atoms with E-state index in [4.69, 9.17) is 0 Å². The minimum atomic E-state index is 1.03. The molecule has 17 heavy (non-hydrogen) atoms. The number of aryl methyl sites for hydroxylation is 1. The Labute approximate surface area is 100 Å². The molecule has 0 atom stereocenters. The van der Waals surface area contributed by atoms with E-state index in [1.54, 1.807) is 6.20 Å². The molecule has 0 amide bonds. The molecular weight excluding hydrogens is 208 g/mol. The average Bonchev–Trinajstić information content (AvgIpc) is 2.52. The molecule has 2 nitrogen and oxygen atoms in total. The molecule has 0 bridgehead atoms. The molecule has 0 aliphatic carbocycles. The van der Waals surface area contributed by atoms with Gasteiger partial charge >= 0.3 is 0 Å². The lowest BCUT2D eigenvalue weighted by Gasteiger charge is -2.08. The zero-order valence-electron chi connectivity index (χ0n) is 9.86. The summed E-state index contributed by atoms with van der Waals surface area (Å²) in [6.45, 7) is 4.04. The van der Waals surface area contributed by atoms with Crippen molar-refractivity contribution in [3.8, 4) is 0 Å². The highest BCUT2D eigenvalue weighted by Gasteiger charge is 2.09. The van der Waals surface area contributed by atoms with Crippen molar-refractivity contribution < 1.29 is 0 Å². The molecule has 2 heteroatoms. The summed E-state index contributed by atoms with van der Waals surface area (Å²) in [5.41, 5.74) is 5.42. The number of fused-ring (bicyclic) bond motifs is 3. The van der Waals surface area contributed by atoms with Gasteiger partial charge in [-0.3, -0.25) is 4.98 Å². The first-order valence-electron chi connectivity index (χ1n) is 5.62. The van der Waals surface area contributed by atoms with Crippen LogP contribution in [0.15, 0.2) is 35.5 Å². The van der Waals surface area contributed by atoms with E-state index in [9.17, 15) is 0 Å². The highest BCUT2D eigenvalue weighted by atomic mass is 14.7. The number of aliphatic imine (C=N–C) groups is 1. The third-order valence-corrected chi connectivity index (χ3v) is 2.99. The van der Waals surface area contributed by atoms with Crippen molar-refractivity contribution in [2.75, 3.05) is 0 Å². The second kappa shape index (κ2) is 3.69. The maximum atomic E-state index is 4.63. The summed E-state index contributed by atoms with van der Waals surface area (Å²) >= 11 is 0. The maximum absolute atomic E-state index is 4.63. The minimum Gasteiger partial charge on any atom is -0.252 e. The fourth-order valence-electron chi connectivity index (χ4n) is 2.11. The Bertz CT molecular complexity index is 702. The molecule has 1 aliphatic heterocycles. The van der Waals surface area contributed by atoms with Crippen LogP contribution in [0, 0.1) is 6.92 Å². The normalized spacial score (nSPS) is 13.4. The molecule has 0 radical (unpaired) electrons. The molecule has 2 heterocycles. The molecule has 1 aromatic heterocycles. The molecule has 0 unspecified atom stereocenters. The Hall–Kier alpha value is -2.18. The molecule has 1 aromatic carbocycles. The van der Waals surface area contributed by atoms with Crippen LogP contribution >= 0.6 is 0 Å². The number of nitrogens with zero attached hydrogens (tertiary/aromatic N) is 2. The second-order valence-electron chi connectivity index (χ2n) is 4.23. The van der Waals surface area contributed by atoms with Crippen LogP contribution in [0.2, 0.25) is 0 Å². The lowest BCUT2D eigenvalue weighted by atomic mass is 9.98. The molecule has 0 spiro atoms. The molecule has 82 valence electrons. The van der Waals surface area contributed by atoms with E-state index < -0.39 is 0 Å². The number of benzene rings is 1. The Kier molecular flexibility index (Phi) is 2.17. The first-order chi connectivity index (χ1) is 8.25. The van der Waals surface area contributed by atoms with Crippen LogP contribution < -0.4 is 0 Å². The van der Waals surface area contributed by atoms with E-state index in [2.05, 4.69) is 34.0 Å². The van der Waals surface area contributed by atoms with Gasteiger partial charge in [0.25, 0.3) is 0 Å². The fourth-order valence-corrected chi connectivity index (χ4v) is 2.11. The minimum absolute atomic E-state index is 1.03. The van der Waals surface area contributed by atoms with Crippen molar-refractivity contribution in [2.24, 2.45) is 4.99 Å². The van der Waals surface area contributed by atoms with Gasteiger partial charge in [0.15, 0.2) is 0 Å². The summed E-state index contributed by atoms with van der Waals surface area (Å²) in [5, 5.41) is 1.16. The number of aromatic nitrogens is 1. The summed E-state index contributed by atoms with van der Waals surface area (Å²) in [7, 11) is 0. The third kappa shape index (κ3) is 1.59. The number of hydrogen-bond acceptors (Lipinski definition) is 2. The molecule has 0 saturated carbocycles. The number of allylic oxidation sites excluding steroid dienone is 1. The lowest BCUT2D eigenvalue weighted by molar-refractivity contribution is 1.25. The van der Waals surface area contributed by atoms with E-state index in [0.29, 0.717) is 0 Å². The van der Waals surface area contributed by atoms with Crippen molar-refractivity contribution in [1.82, 2.24) is 4.98 Å². The summed E-state index contributed by atoms with van der Waals surface area (Å²) in [6.07, 6.45) is 3.78. The Balaban J connectivity index is 2.45. The molecule has 3 rings (SSSR count). The largest absolute Gasteiger partial charge is 0.252 e. The molecule has 0 fully saturated rings. The quantitative estimate of drug-likeness (QED) is 0.666. The topological polar surface area (TPSA) is 25.2 Å². The molecular formula is C15H12N2. The van der Waals surface area contributed by atoms with Crippen LogP contribution in [-0.4, -0.2) is 10.9 Å². The van der Waals surface area contributed by atoms with Crippen molar-refractivity contribution in [3.05, 3.63) is 47.3 Å². The van der Waals surface area contributed by atoms with E-state index in [1.807, 2.05) is 26.0 Å². The second-order valence-corrected chi connectivity index (χ2v) is 4.23. The standard InChI is InChI=1S/C15H12N2/c1-10-9-16-8-7-14-13(10)6-5-12-4-3-11(2)17-15(12)14/h3-8H,1-2H3. The first kappa shape index (κ1) is 10.0. The van der Waals surface area contributed by atoms with Crippen molar-refractivity contribution >= 4 is 28.4 Å². The van der Waals surface area contributed by atoms with E-state index in [0.717, 1.165) is 33.3 Å². The predicted molar refractivity (Wildman–Crippen MR) is 72.0 cm³/mol. The smallest absolute Gasteiger partial charge is 0.0784 e. The van der Waals surface area contributed by atoms with Gasteiger partial charge in [0.1, 0.15) is 0 Å². The van der Waals surface area contributed by atoms with Crippen molar-refractivity contribution in [3.63, 3.8) is 0 Å². The van der Waals surface area contributed by atoms with Gasteiger partial charge < -0.3 is 0 Å². The van der Waals surface area contributed by atoms with Crippen LogP contribution in [0.25, 0.3) is 22.6 Å². The Morgan fingerprint density at radius 2 is 1.88 bits per heavy atom. The molecule has 2 aromatic rings. The lowest BCUT2D eigenvalue weighted by Crippen LogP contribution is -1.91. The highest BCUT2D eigenvalue weighted by Crippen LogP contribution is 2.27. The van der Waals surface area contributed by atoms with Gasteiger partial charge in [-0.05, 0) is 37.4 Å². The molecule has 1 aliphatic rings. The molecule has 0 N–H and O–H groups in total. The van der Waals surface area contributed by atoms with Crippen LogP contribution in [0.1, 0.15) is 23.7 Å². The third-order valence-electron chi connectivity index (χ3n) is 2.99. The number of hydrogen-bond donors (Lipinski definition) is 0. The molecule has 0 saturated heterocycles. The zero-order chi connectivity index (χ0) is 11.8. The zero-order valence-corrected chi connectivity index (χ0v) is 9.86. The average molecular weight is 220 g/mol. The van der Waals surface area contributed by atoms with Crippen LogP contribution in [-0.2, 0) is 0 Å². The van der Waals surface area contributed by atoms with Crippen molar-refractivity contribution in [2.45, 2.75) is 13.8 Å². The maximum Gasteiger partial charge on any atom is 0.0784 e. The summed E-state index contributed by atoms with van der Waals surface area (Å²) in [5.74, 6) is 3.01. The summed E-state index contributed by atoms with van der Waals surface area (Å²) < 4.78 is 0. The Morgan fingerprint density at radius 3 is 2.76 bits per heavy atom. The van der Waals surface area contributed by atoms with Crippen LogP contribution in [0.5, 0.6) is 0 Å². The Morgan fingerprint density at radius 1 is 1.06 bits per heavy atom. The van der Waals surface area contributed by atoms with Gasteiger partial charge in [0, 0.05) is 28.4 Å². The predicted octanol–water partition coefficient (Wildman–Crippen LogP) is 3.60. The van der Waals surface area contributed by atoms with E-state index >= 15 is 0 Å². The van der Waals surface area contributed by atoms with Gasteiger partial charge in [0.05, 0.1) is 5.52 Å². The van der Waals surface area contributed by atoms with Crippen LogP contribution in [0.4, 0.5) is 0 Å². The SMILES string of the molecule is CC1=C=NC=Cc2c1ccc1ccc(C)nc21. The van der Waals surface area contributed by atoms with E-state index in [-0.39, 0.29) is 0 Å². The van der Waals surface area contributed by atoms with E-state index in [1.165, 1.54) is 0 Å². The summed E-state index contributed by atoms with van der Waals surface area (Å²) in [4.78, 5) is 8.73. The van der Waals surface area contributed by atoms with Crippen molar-refractivity contribution in [1.29, 1.82) is 0 Å². The monoisotopic (exact) mass is 220 g/mol. The number of rotatable bonds is 0. The summed E-state index contributed by atoms with van der Waals surface area (Å²) in [6, 6.07) is 8.36. The first-order valence-corrected chi connectivity index (χ1v) is 5.62. The van der Waals surface area contributed by atoms with Gasteiger partial charge in [-0.15, -0.1) is 0 Å².